The number of rotatable bonds is 8. The summed E-state index contributed by atoms with van der Waals surface area (Å²) in [5, 5.41) is 5.86. The lowest BCUT2D eigenvalue weighted by Gasteiger charge is -2.12. The Balaban J connectivity index is 1.64. The van der Waals surface area contributed by atoms with Gasteiger partial charge in [-0.1, -0.05) is 26.0 Å². The number of benzene rings is 2. The van der Waals surface area contributed by atoms with E-state index in [0.29, 0.717) is 29.5 Å². The smallest absolute Gasteiger partial charge is 0.255 e. The van der Waals surface area contributed by atoms with E-state index in [4.69, 9.17) is 4.74 Å². The van der Waals surface area contributed by atoms with Gasteiger partial charge in [-0.3, -0.25) is 9.59 Å². The Morgan fingerprint density at radius 3 is 2.61 bits per heavy atom. The molecule has 5 heteroatoms. The standard InChI is InChI=1S/C23H28N2O3/c1-15(2)11-12-28-20-6-4-5-18(13-20)23(27)24-19-10-7-16(3)21(14-19)25-22(26)17-8-9-17/h4-7,10,13-15,17H,8-9,11-12H2,1-3H3,(H,24,27)(H,25,26). The van der Waals surface area contributed by atoms with Gasteiger partial charge in [-0.2, -0.15) is 0 Å². The van der Waals surface area contributed by atoms with Crippen LogP contribution in [0.15, 0.2) is 42.5 Å². The molecule has 0 spiro atoms. The van der Waals surface area contributed by atoms with Gasteiger partial charge in [0, 0.05) is 22.9 Å². The Morgan fingerprint density at radius 1 is 1.11 bits per heavy atom. The largest absolute Gasteiger partial charge is 0.494 e. The number of carbonyl (C=O) groups is 2. The van der Waals surface area contributed by atoms with Crippen molar-refractivity contribution >= 4 is 23.2 Å². The number of anilines is 2. The van der Waals surface area contributed by atoms with Crippen LogP contribution in [0.25, 0.3) is 0 Å². The molecule has 0 atom stereocenters. The van der Waals surface area contributed by atoms with Crippen molar-refractivity contribution in [3.63, 3.8) is 0 Å². The fourth-order valence-corrected chi connectivity index (χ4v) is 2.76. The van der Waals surface area contributed by atoms with Crippen LogP contribution >= 0.6 is 0 Å². The SMILES string of the molecule is Cc1ccc(NC(=O)c2cccc(OCCC(C)C)c2)cc1NC(=O)C1CC1. The molecule has 5 nitrogen and oxygen atoms in total. The molecule has 0 aromatic heterocycles. The van der Waals surface area contributed by atoms with Gasteiger partial charge in [-0.15, -0.1) is 0 Å². The maximum absolute atomic E-state index is 12.6. The van der Waals surface area contributed by atoms with E-state index < -0.39 is 0 Å². The van der Waals surface area contributed by atoms with Crippen molar-refractivity contribution in [2.24, 2.45) is 11.8 Å². The van der Waals surface area contributed by atoms with E-state index in [1.165, 1.54) is 0 Å². The number of hydrogen-bond acceptors (Lipinski definition) is 3. The molecule has 1 saturated carbocycles. The van der Waals surface area contributed by atoms with Crippen LogP contribution in [0.1, 0.15) is 49.0 Å². The van der Waals surface area contributed by atoms with Crippen molar-refractivity contribution in [3.8, 4) is 5.75 Å². The van der Waals surface area contributed by atoms with E-state index in [0.717, 1.165) is 30.5 Å². The van der Waals surface area contributed by atoms with Crippen LogP contribution in [0.3, 0.4) is 0 Å². The summed E-state index contributed by atoms with van der Waals surface area (Å²) in [4.78, 5) is 24.7. The maximum Gasteiger partial charge on any atom is 0.255 e. The first-order chi connectivity index (χ1) is 13.4. The van der Waals surface area contributed by atoms with Crippen LogP contribution < -0.4 is 15.4 Å². The number of nitrogens with one attached hydrogen (secondary N) is 2. The van der Waals surface area contributed by atoms with Crippen molar-refractivity contribution in [3.05, 3.63) is 53.6 Å². The predicted molar refractivity (Wildman–Crippen MR) is 112 cm³/mol. The molecule has 0 saturated heterocycles. The summed E-state index contributed by atoms with van der Waals surface area (Å²) in [7, 11) is 0. The highest BCUT2D eigenvalue weighted by Gasteiger charge is 2.29. The highest BCUT2D eigenvalue weighted by Crippen LogP contribution is 2.31. The fraction of sp³-hybridized carbons (Fsp3) is 0.391. The van der Waals surface area contributed by atoms with Gasteiger partial charge < -0.3 is 15.4 Å². The Labute approximate surface area is 166 Å². The maximum atomic E-state index is 12.6. The van der Waals surface area contributed by atoms with Crippen LogP contribution in [0.4, 0.5) is 11.4 Å². The van der Waals surface area contributed by atoms with Gasteiger partial charge >= 0.3 is 0 Å². The van der Waals surface area contributed by atoms with E-state index in [-0.39, 0.29) is 17.7 Å². The molecule has 0 unspecified atom stereocenters. The van der Waals surface area contributed by atoms with E-state index in [1.807, 2.05) is 31.2 Å². The zero-order valence-electron chi connectivity index (χ0n) is 16.7. The summed E-state index contributed by atoms with van der Waals surface area (Å²) < 4.78 is 5.74. The molecule has 0 aliphatic heterocycles. The molecule has 0 bridgehead atoms. The molecule has 0 heterocycles. The molecule has 2 amide bonds. The average Bonchev–Trinajstić information content (AvgIpc) is 3.49. The summed E-state index contributed by atoms with van der Waals surface area (Å²) in [5.41, 5.74) is 2.88. The van der Waals surface area contributed by atoms with Crippen LogP contribution in [0.2, 0.25) is 0 Å². The van der Waals surface area contributed by atoms with Crippen molar-refractivity contribution in [2.75, 3.05) is 17.2 Å². The van der Waals surface area contributed by atoms with E-state index >= 15 is 0 Å². The molecule has 1 fully saturated rings. The Morgan fingerprint density at radius 2 is 1.89 bits per heavy atom. The molecule has 1 aliphatic rings. The second kappa shape index (κ2) is 8.91. The lowest BCUT2D eigenvalue weighted by molar-refractivity contribution is -0.117. The van der Waals surface area contributed by atoms with Crippen molar-refractivity contribution in [1.82, 2.24) is 0 Å². The minimum atomic E-state index is -0.211. The molecule has 28 heavy (non-hydrogen) atoms. The predicted octanol–water partition coefficient (Wildman–Crippen LogP) is 5.02. The summed E-state index contributed by atoms with van der Waals surface area (Å²) >= 11 is 0. The highest BCUT2D eigenvalue weighted by molar-refractivity contribution is 6.05. The third kappa shape index (κ3) is 5.59. The Bertz CT molecular complexity index is 857. The quantitative estimate of drug-likeness (QED) is 0.676. The van der Waals surface area contributed by atoms with Crippen LogP contribution in [0.5, 0.6) is 5.75 Å². The molecular weight excluding hydrogens is 352 g/mol. The van der Waals surface area contributed by atoms with Crippen molar-refractivity contribution < 1.29 is 14.3 Å². The topological polar surface area (TPSA) is 67.4 Å². The van der Waals surface area contributed by atoms with Gasteiger partial charge in [0.2, 0.25) is 5.91 Å². The fourth-order valence-electron chi connectivity index (χ4n) is 2.76. The average molecular weight is 380 g/mol. The number of ether oxygens (including phenoxy) is 1. The first-order valence-electron chi connectivity index (χ1n) is 9.88. The van der Waals surface area contributed by atoms with E-state index in [9.17, 15) is 9.59 Å². The molecular formula is C23H28N2O3. The minimum Gasteiger partial charge on any atom is -0.494 e. The van der Waals surface area contributed by atoms with Gasteiger partial charge in [-0.05, 0) is 68.0 Å². The first kappa shape index (κ1) is 19.9. The molecule has 2 aromatic carbocycles. The third-order valence-electron chi connectivity index (χ3n) is 4.76. The highest BCUT2D eigenvalue weighted by atomic mass is 16.5. The zero-order chi connectivity index (χ0) is 20.1. The van der Waals surface area contributed by atoms with Gasteiger partial charge in [0.25, 0.3) is 5.91 Å². The third-order valence-corrected chi connectivity index (χ3v) is 4.76. The molecule has 1 aliphatic carbocycles. The summed E-state index contributed by atoms with van der Waals surface area (Å²) in [6.07, 6.45) is 2.88. The Hall–Kier alpha value is -2.82. The van der Waals surface area contributed by atoms with Crippen molar-refractivity contribution in [1.29, 1.82) is 0 Å². The number of aryl methyl sites for hydroxylation is 1. The Kier molecular flexibility index (Phi) is 6.34. The number of carbonyl (C=O) groups excluding carboxylic acids is 2. The minimum absolute atomic E-state index is 0.0535. The van der Waals surface area contributed by atoms with Gasteiger partial charge in [0.05, 0.1) is 6.61 Å². The first-order valence-corrected chi connectivity index (χ1v) is 9.88. The normalized spacial score (nSPS) is 13.3. The second-order valence-corrected chi connectivity index (χ2v) is 7.81. The molecule has 2 aromatic rings. The molecule has 3 rings (SSSR count). The number of hydrogen-bond donors (Lipinski definition) is 2. The molecule has 2 N–H and O–H groups in total. The van der Waals surface area contributed by atoms with Crippen LogP contribution in [0, 0.1) is 18.8 Å². The van der Waals surface area contributed by atoms with Crippen LogP contribution in [-0.4, -0.2) is 18.4 Å². The van der Waals surface area contributed by atoms with Gasteiger partial charge in [0.15, 0.2) is 0 Å². The molecule has 148 valence electrons. The monoisotopic (exact) mass is 380 g/mol. The van der Waals surface area contributed by atoms with Crippen LogP contribution in [-0.2, 0) is 4.79 Å². The van der Waals surface area contributed by atoms with E-state index in [2.05, 4.69) is 24.5 Å². The second-order valence-electron chi connectivity index (χ2n) is 7.81. The van der Waals surface area contributed by atoms with Gasteiger partial charge in [0.1, 0.15) is 5.75 Å². The van der Waals surface area contributed by atoms with Crippen molar-refractivity contribution in [2.45, 2.75) is 40.0 Å². The lowest BCUT2D eigenvalue weighted by Crippen LogP contribution is -2.15. The summed E-state index contributed by atoms with van der Waals surface area (Å²) in [6, 6.07) is 12.7. The lowest BCUT2D eigenvalue weighted by atomic mass is 10.1. The number of amides is 2. The van der Waals surface area contributed by atoms with Gasteiger partial charge in [-0.25, -0.2) is 0 Å². The summed E-state index contributed by atoms with van der Waals surface area (Å²) in [5.74, 6) is 1.24. The zero-order valence-corrected chi connectivity index (χ0v) is 16.7. The van der Waals surface area contributed by atoms with E-state index in [1.54, 1.807) is 18.2 Å². The molecule has 0 radical (unpaired) electrons. The summed E-state index contributed by atoms with van der Waals surface area (Å²) in [6.45, 7) is 6.86.